The lowest BCUT2D eigenvalue weighted by Crippen LogP contribution is -2.35. The Morgan fingerprint density at radius 3 is 2.71 bits per heavy atom. The number of rotatable bonds is 5. The molecule has 0 saturated carbocycles. The van der Waals surface area contributed by atoms with Gasteiger partial charge in [-0.15, -0.1) is 0 Å². The molecule has 14 heavy (non-hydrogen) atoms. The van der Waals surface area contributed by atoms with Crippen LogP contribution in [-0.4, -0.2) is 25.8 Å². The first-order valence-electron chi connectivity index (χ1n) is 5.87. The molecule has 0 aromatic heterocycles. The summed E-state index contributed by atoms with van der Waals surface area (Å²) in [6, 6.07) is 0.621. The Morgan fingerprint density at radius 2 is 2.21 bits per heavy atom. The topological polar surface area (TPSA) is 21.3 Å². The average Bonchev–Trinajstić information content (AvgIpc) is 2.54. The van der Waals surface area contributed by atoms with Gasteiger partial charge in [-0.1, -0.05) is 20.8 Å². The summed E-state index contributed by atoms with van der Waals surface area (Å²) in [7, 11) is 0. The van der Waals surface area contributed by atoms with Crippen LogP contribution in [0.1, 0.15) is 40.5 Å². The molecule has 84 valence electrons. The largest absolute Gasteiger partial charge is 0.381 e. The predicted molar refractivity (Wildman–Crippen MR) is 60.5 cm³/mol. The Balaban J connectivity index is 2.39. The Kier molecular flexibility index (Phi) is 4.39. The molecule has 0 bridgehead atoms. The van der Waals surface area contributed by atoms with Crippen LogP contribution >= 0.6 is 0 Å². The first-order valence-corrected chi connectivity index (χ1v) is 5.87. The summed E-state index contributed by atoms with van der Waals surface area (Å²) in [6.45, 7) is 12.2. The molecule has 0 amide bonds. The maximum absolute atomic E-state index is 5.46. The zero-order chi connectivity index (χ0) is 10.6. The van der Waals surface area contributed by atoms with E-state index in [0.29, 0.717) is 11.5 Å². The van der Waals surface area contributed by atoms with Crippen LogP contribution in [-0.2, 0) is 4.74 Å². The molecule has 1 heterocycles. The first-order chi connectivity index (χ1) is 6.56. The third-order valence-electron chi connectivity index (χ3n) is 3.42. The third-order valence-corrected chi connectivity index (χ3v) is 3.42. The monoisotopic (exact) mass is 199 g/mol. The predicted octanol–water partition coefficient (Wildman–Crippen LogP) is 2.44. The van der Waals surface area contributed by atoms with Gasteiger partial charge < -0.3 is 10.1 Å². The summed E-state index contributed by atoms with van der Waals surface area (Å²) >= 11 is 0. The van der Waals surface area contributed by atoms with E-state index in [2.05, 4.69) is 33.0 Å². The third kappa shape index (κ3) is 3.25. The van der Waals surface area contributed by atoms with Crippen molar-refractivity contribution in [3.8, 4) is 0 Å². The summed E-state index contributed by atoms with van der Waals surface area (Å²) in [6.07, 6.45) is 2.49. The van der Waals surface area contributed by atoms with Crippen LogP contribution in [0.5, 0.6) is 0 Å². The molecule has 0 aromatic carbocycles. The van der Waals surface area contributed by atoms with Gasteiger partial charge in [-0.3, -0.25) is 0 Å². The Labute approximate surface area is 88.4 Å². The van der Waals surface area contributed by atoms with E-state index in [9.17, 15) is 0 Å². The van der Waals surface area contributed by atoms with Crippen LogP contribution in [0.25, 0.3) is 0 Å². The fourth-order valence-electron chi connectivity index (χ4n) is 2.53. The van der Waals surface area contributed by atoms with Gasteiger partial charge in [0.1, 0.15) is 0 Å². The zero-order valence-electron chi connectivity index (χ0n) is 10.1. The lowest BCUT2D eigenvalue weighted by molar-refractivity contribution is 0.129. The molecule has 0 spiro atoms. The number of ether oxygens (including phenoxy) is 1. The van der Waals surface area contributed by atoms with Crippen molar-refractivity contribution in [1.29, 1.82) is 0 Å². The summed E-state index contributed by atoms with van der Waals surface area (Å²) in [5.74, 6) is 0.753. The van der Waals surface area contributed by atoms with Crippen LogP contribution in [0, 0.1) is 11.3 Å². The van der Waals surface area contributed by atoms with Gasteiger partial charge in [0.15, 0.2) is 0 Å². The van der Waals surface area contributed by atoms with E-state index in [1.165, 1.54) is 12.8 Å². The van der Waals surface area contributed by atoms with E-state index in [4.69, 9.17) is 4.74 Å². The average molecular weight is 199 g/mol. The van der Waals surface area contributed by atoms with Crippen LogP contribution in [0.15, 0.2) is 0 Å². The molecular formula is C12H25NO. The second-order valence-electron chi connectivity index (χ2n) is 5.21. The van der Waals surface area contributed by atoms with Crippen molar-refractivity contribution in [1.82, 2.24) is 5.32 Å². The van der Waals surface area contributed by atoms with Crippen molar-refractivity contribution in [2.24, 2.45) is 11.3 Å². The maximum atomic E-state index is 5.46. The second-order valence-corrected chi connectivity index (χ2v) is 5.21. The van der Waals surface area contributed by atoms with Gasteiger partial charge in [0, 0.05) is 19.3 Å². The van der Waals surface area contributed by atoms with Gasteiger partial charge in [0.2, 0.25) is 0 Å². The molecule has 1 aliphatic heterocycles. The summed E-state index contributed by atoms with van der Waals surface area (Å²) in [5, 5.41) is 3.48. The lowest BCUT2D eigenvalue weighted by atomic mass is 9.74. The Hall–Kier alpha value is -0.0800. The number of hydrogen-bond acceptors (Lipinski definition) is 2. The smallest absolute Gasteiger partial charge is 0.0500 e. The van der Waals surface area contributed by atoms with E-state index in [1.54, 1.807) is 0 Å². The summed E-state index contributed by atoms with van der Waals surface area (Å²) in [4.78, 5) is 0. The molecule has 2 atom stereocenters. The van der Waals surface area contributed by atoms with Crippen molar-refractivity contribution in [2.45, 2.75) is 46.6 Å². The van der Waals surface area contributed by atoms with Crippen molar-refractivity contribution >= 4 is 0 Å². The maximum Gasteiger partial charge on any atom is 0.0500 e. The van der Waals surface area contributed by atoms with Gasteiger partial charge in [-0.2, -0.15) is 0 Å². The molecule has 1 N–H and O–H groups in total. The van der Waals surface area contributed by atoms with E-state index in [-0.39, 0.29) is 0 Å². The number of hydrogen-bond donors (Lipinski definition) is 1. The highest BCUT2D eigenvalue weighted by Gasteiger charge is 2.33. The number of nitrogens with one attached hydrogen (secondary N) is 1. The molecule has 2 heteroatoms. The van der Waals surface area contributed by atoms with Gasteiger partial charge in [-0.05, 0) is 37.6 Å². The van der Waals surface area contributed by atoms with Gasteiger partial charge in [-0.25, -0.2) is 0 Å². The minimum absolute atomic E-state index is 0.415. The normalized spacial score (nSPS) is 25.3. The van der Waals surface area contributed by atoms with Gasteiger partial charge >= 0.3 is 0 Å². The summed E-state index contributed by atoms with van der Waals surface area (Å²) < 4.78 is 5.46. The van der Waals surface area contributed by atoms with E-state index >= 15 is 0 Å². The fraction of sp³-hybridized carbons (Fsp3) is 1.00. The molecule has 0 aromatic rings. The zero-order valence-corrected chi connectivity index (χ0v) is 10.1. The highest BCUT2D eigenvalue weighted by atomic mass is 16.5. The minimum Gasteiger partial charge on any atom is -0.381 e. The highest BCUT2D eigenvalue weighted by Crippen LogP contribution is 2.36. The van der Waals surface area contributed by atoms with E-state index in [1.807, 2.05) is 0 Å². The molecule has 0 aliphatic carbocycles. The highest BCUT2D eigenvalue weighted by molar-refractivity contribution is 4.84. The van der Waals surface area contributed by atoms with E-state index < -0.39 is 0 Å². The molecule has 0 radical (unpaired) electrons. The van der Waals surface area contributed by atoms with Crippen molar-refractivity contribution in [3.63, 3.8) is 0 Å². The van der Waals surface area contributed by atoms with Gasteiger partial charge in [0.05, 0.1) is 0 Å². The Bertz CT molecular complexity index is 162. The van der Waals surface area contributed by atoms with Crippen LogP contribution in [0.4, 0.5) is 0 Å². The Morgan fingerprint density at radius 1 is 1.50 bits per heavy atom. The van der Waals surface area contributed by atoms with Crippen molar-refractivity contribution < 1.29 is 4.74 Å². The molecule has 2 unspecified atom stereocenters. The molecule has 2 nitrogen and oxygen atoms in total. The van der Waals surface area contributed by atoms with Crippen LogP contribution in [0.2, 0.25) is 0 Å². The molecule has 1 saturated heterocycles. The van der Waals surface area contributed by atoms with Crippen LogP contribution in [0.3, 0.4) is 0 Å². The molecule has 1 rings (SSSR count). The van der Waals surface area contributed by atoms with Crippen LogP contribution < -0.4 is 5.32 Å². The summed E-state index contributed by atoms with van der Waals surface area (Å²) in [5.41, 5.74) is 0.415. The van der Waals surface area contributed by atoms with Crippen molar-refractivity contribution in [2.75, 3.05) is 19.8 Å². The minimum atomic E-state index is 0.415. The second kappa shape index (κ2) is 5.13. The molecular weight excluding hydrogens is 174 g/mol. The lowest BCUT2D eigenvalue weighted by Gasteiger charge is -2.33. The fourth-order valence-corrected chi connectivity index (χ4v) is 2.53. The van der Waals surface area contributed by atoms with Crippen molar-refractivity contribution in [3.05, 3.63) is 0 Å². The quantitative estimate of drug-likeness (QED) is 0.734. The molecule has 1 aliphatic rings. The molecule has 1 fully saturated rings. The SMILES string of the molecule is CCNC(C)CC(C)(C)C1CCOC1. The van der Waals surface area contributed by atoms with Gasteiger partial charge in [0.25, 0.3) is 0 Å². The first kappa shape index (κ1) is 12.0. The standard InChI is InChI=1S/C12H25NO/c1-5-13-10(2)8-12(3,4)11-6-7-14-9-11/h10-11,13H,5-9H2,1-4H3. The van der Waals surface area contributed by atoms with E-state index in [0.717, 1.165) is 25.7 Å².